The van der Waals surface area contributed by atoms with Crippen LogP contribution in [0.2, 0.25) is 0 Å². The third-order valence-electron chi connectivity index (χ3n) is 0.763. The normalized spacial score (nSPS) is 7.25. The van der Waals surface area contributed by atoms with Gasteiger partial charge in [0.05, 0.1) is 0 Å². The van der Waals surface area contributed by atoms with Gasteiger partial charge in [-0.15, -0.1) is 24.8 Å². The monoisotopic (exact) mass is 234 g/mol. The molecule has 0 aromatic rings. The molecular formula is C4H12Cl2NZr. The van der Waals surface area contributed by atoms with Gasteiger partial charge in [0.2, 0.25) is 0 Å². The molecule has 0 aromatic heterocycles. The summed E-state index contributed by atoms with van der Waals surface area (Å²) in [6.45, 7) is 6.76. The van der Waals surface area contributed by atoms with Gasteiger partial charge in [-0.25, -0.2) is 0 Å². The summed E-state index contributed by atoms with van der Waals surface area (Å²) in [5, 5.41) is 0. The molecule has 0 aliphatic carbocycles. The second-order valence-electron chi connectivity index (χ2n) is 1.17. The molecule has 0 aliphatic heterocycles. The fourth-order valence-electron chi connectivity index (χ4n) is 0.224. The van der Waals surface area contributed by atoms with Crippen molar-refractivity contribution in [3.05, 3.63) is 0 Å². The zero-order chi connectivity index (χ0) is 4.99. The van der Waals surface area contributed by atoms with Crippen LogP contribution in [-0.4, -0.2) is 15.9 Å². The summed E-state index contributed by atoms with van der Waals surface area (Å²) >= 11 is 1.54. The first kappa shape index (κ1) is 16.2. The summed E-state index contributed by atoms with van der Waals surface area (Å²) in [6.07, 6.45) is 0. The van der Waals surface area contributed by atoms with E-state index in [1.54, 1.807) is 0 Å². The number of hydrogen-bond acceptors (Lipinski definition) is 1. The summed E-state index contributed by atoms with van der Waals surface area (Å²) in [6, 6.07) is 0. The topological polar surface area (TPSA) is 3.24 Å². The first-order chi connectivity index (χ1) is 2.81. The van der Waals surface area contributed by atoms with E-state index in [-0.39, 0.29) is 24.8 Å². The standard InChI is InChI=1S/C4H10N.2ClH.Zr/c1-3-5-4-2;;;/h3-4H2,1-2H3;2*1H;/q-1;;;+1. The molecule has 0 radical (unpaired) electrons. The van der Waals surface area contributed by atoms with Gasteiger partial charge in [0.1, 0.15) is 0 Å². The molecule has 51 valence electrons. The average Bonchev–Trinajstić information content (AvgIpc) is 1.65. The molecule has 0 aromatic carbocycles. The second-order valence-corrected chi connectivity index (χ2v) is 2.73. The molecule has 0 heterocycles. The van der Waals surface area contributed by atoms with Crippen LogP contribution in [0.1, 0.15) is 13.8 Å². The van der Waals surface area contributed by atoms with Crippen molar-refractivity contribution in [2.45, 2.75) is 13.8 Å². The van der Waals surface area contributed by atoms with Gasteiger partial charge in [-0.3, -0.25) is 0 Å². The van der Waals surface area contributed by atoms with E-state index in [9.17, 15) is 0 Å². The van der Waals surface area contributed by atoms with Gasteiger partial charge in [0.25, 0.3) is 0 Å². The van der Waals surface area contributed by atoms with E-state index in [0.717, 1.165) is 0 Å². The van der Waals surface area contributed by atoms with E-state index >= 15 is 0 Å². The molecule has 0 amide bonds. The number of hydrogen-bond donors (Lipinski definition) is 0. The number of rotatable bonds is 2. The van der Waals surface area contributed by atoms with Gasteiger partial charge >= 0.3 is 54.8 Å². The van der Waals surface area contributed by atoms with E-state index in [1.165, 1.54) is 38.1 Å². The van der Waals surface area contributed by atoms with Crippen LogP contribution >= 0.6 is 24.8 Å². The quantitative estimate of drug-likeness (QED) is 0.704. The van der Waals surface area contributed by atoms with Crippen LogP contribution < -0.4 is 0 Å². The fourth-order valence-corrected chi connectivity index (χ4v) is 0.224. The Bertz CT molecular complexity index is 33.2. The molecule has 0 bridgehead atoms. The maximum absolute atomic E-state index is 2.34. The molecule has 0 saturated carbocycles. The SMILES string of the molecule is CC[N]([Zr])CC.Cl.Cl. The van der Waals surface area contributed by atoms with Crippen molar-refractivity contribution in [2.24, 2.45) is 0 Å². The average molecular weight is 236 g/mol. The maximum atomic E-state index is 2.34. The Labute approximate surface area is 79.3 Å². The van der Waals surface area contributed by atoms with E-state index in [0.29, 0.717) is 0 Å². The summed E-state index contributed by atoms with van der Waals surface area (Å²) < 4.78 is 2.34. The zero-order valence-corrected chi connectivity index (χ0v) is 9.27. The van der Waals surface area contributed by atoms with Crippen LogP contribution in [0.4, 0.5) is 0 Å². The maximum Gasteiger partial charge on any atom is -0.147 e. The first-order valence-electron chi connectivity index (χ1n) is 2.27. The largest absolute Gasteiger partial charge is 0.147 e. The minimum Gasteiger partial charge on any atom is -0.147 e. The van der Waals surface area contributed by atoms with Crippen molar-refractivity contribution in [2.75, 3.05) is 13.1 Å². The third-order valence-corrected chi connectivity index (χ3v) is 2.32. The summed E-state index contributed by atoms with van der Waals surface area (Å²) in [4.78, 5) is 0. The van der Waals surface area contributed by atoms with Crippen molar-refractivity contribution >= 4 is 24.8 Å². The number of halogens is 2. The van der Waals surface area contributed by atoms with E-state index in [1.807, 2.05) is 0 Å². The summed E-state index contributed by atoms with van der Waals surface area (Å²) in [5.74, 6) is 0. The van der Waals surface area contributed by atoms with Gasteiger partial charge in [0.15, 0.2) is 0 Å². The summed E-state index contributed by atoms with van der Waals surface area (Å²) in [5.41, 5.74) is 0. The van der Waals surface area contributed by atoms with E-state index in [2.05, 4.69) is 16.7 Å². The molecule has 8 heavy (non-hydrogen) atoms. The van der Waals surface area contributed by atoms with Gasteiger partial charge in [-0.1, -0.05) is 0 Å². The minimum absolute atomic E-state index is 0. The Kier molecular flexibility index (Phi) is 22.8. The molecule has 0 spiro atoms. The first-order valence-corrected chi connectivity index (χ1v) is 3.37. The third kappa shape index (κ3) is 10.4. The Morgan fingerprint density at radius 3 is 1.38 bits per heavy atom. The summed E-state index contributed by atoms with van der Waals surface area (Å²) in [7, 11) is 0. The van der Waals surface area contributed by atoms with Crippen LogP contribution in [0.15, 0.2) is 0 Å². The van der Waals surface area contributed by atoms with Gasteiger partial charge < -0.3 is 0 Å². The smallest absolute Gasteiger partial charge is 0.147 e. The molecule has 0 unspecified atom stereocenters. The van der Waals surface area contributed by atoms with Crippen LogP contribution in [-0.2, 0) is 25.0 Å². The van der Waals surface area contributed by atoms with Crippen LogP contribution in [0.5, 0.6) is 0 Å². The Hall–Kier alpha value is 1.42. The van der Waals surface area contributed by atoms with Crippen molar-refractivity contribution in [1.29, 1.82) is 0 Å². The molecule has 0 atom stereocenters. The minimum atomic E-state index is 0. The van der Waals surface area contributed by atoms with Crippen molar-refractivity contribution in [1.82, 2.24) is 2.84 Å². The molecular weight excluding hydrogens is 224 g/mol. The zero-order valence-electron chi connectivity index (χ0n) is 5.18. The molecule has 0 saturated heterocycles. The van der Waals surface area contributed by atoms with Crippen molar-refractivity contribution in [3.8, 4) is 0 Å². The molecule has 0 fully saturated rings. The Balaban J connectivity index is -0.000000125. The predicted molar refractivity (Wildman–Crippen MR) is 37.4 cm³/mol. The molecule has 0 aliphatic rings. The van der Waals surface area contributed by atoms with Gasteiger partial charge in [-0.05, 0) is 0 Å². The van der Waals surface area contributed by atoms with Crippen LogP contribution in [0.25, 0.3) is 0 Å². The van der Waals surface area contributed by atoms with E-state index < -0.39 is 0 Å². The molecule has 4 heteroatoms. The molecule has 0 N–H and O–H groups in total. The fraction of sp³-hybridized carbons (Fsp3) is 1.00. The Morgan fingerprint density at radius 1 is 1.12 bits per heavy atom. The second kappa shape index (κ2) is 11.3. The van der Waals surface area contributed by atoms with Crippen molar-refractivity contribution < 1.29 is 25.0 Å². The number of nitrogens with zero attached hydrogens (tertiary/aromatic N) is 1. The van der Waals surface area contributed by atoms with Crippen LogP contribution in [0, 0.1) is 0 Å². The van der Waals surface area contributed by atoms with Gasteiger partial charge in [0, 0.05) is 0 Å². The molecule has 0 rings (SSSR count). The van der Waals surface area contributed by atoms with Crippen molar-refractivity contribution in [3.63, 3.8) is 0 Å². The van der Waals surface area contributed by atoms with Gasteiger partial charge in [-0.2, -0.15) is 0 Å². The van der Waals surface area contributed by atoms with Crippen LogP contribution in [0.3, 0.4) is 0 Å². The van der Waals surface area contributed by atoms with E-state index in [4.69, 9.17) is 0 Å². The molecule has 1 nitrogen and oxygen atoms in total. The predicted octanol–water partition coefficient (Wildman–Crippen LogP) is 1.63. The Morgan fingerprint density at radius 2 is 1.38 bits per heavy atom.